The molecule has 1 aliphatic heterocycles. The maximum absolute atomic E-state index is 13.2. The van der Waals surface area contributed by atoms with Gasteiger partial charge in [-0.1, -0.05) is 12.1 Å². The molecule has 1 saturated heterocycles. The Bertz CT molecular complexity index is 810. The number of aromatic nitrogens is 1. The van der Waals surface area contributed by atoms with Crippen LogP contribution in [0.1, 0.15) is 23.2 Å². The second-order valence-corrected chi connectivity index (χ2v) is 7.67. The van der Waals surface area contributed by atoms with E-state index >= 15 is 0 Å². The van der Waals surface area contributed by atoms with Gasteiger partial charge >= 0.3 is 0 Å². The average molecular weight is 400 g/mol. The van der Waals surface area contributed by atoms with Crippen molar-refractivity contribution in [3.63, 3.8) is 0 Å². The molecule has 4 N–H and O–H groups in total. The minimum absolute atomic E-state index is 0.107. The van der Waals surface area contributed by atoms with Crippen LogP contribution in [0.3, 0.4) is 0 Å². The number of hydrogen-bond acceptors (Lipinski definition) is 5. The predicted octanol–water partition coefficient (Wildman–Crippen LogP) is 2.01. The Kier molecular flexibility index (Phi) is 7.55. The molecule has 1 aliphatic rings. The molecule has 1 fully saturated rings. The van der Waals surface area contributed by atoms with E-state index in [1.807, 2.05) is 13.0 Å². The van der Waals surface area contributed by atoms with Crippen LogP contribution in [0.2, 0.25) is 0 Å². The lowest BCUT2D eigenvalue weighted by Crippen LogP contribution is -2.42. The molecular weight excluding hydrogens is 371 g/mol. The lowest BCUT2D eigenvalue weighted by atomic mass is 9.92. The van der Waals surface area contributed by atoms with Crippen LogP contribution in [0.15, 0.2) is 36.4 Å². The van der Waals surface area contributed by atoms with Crippen LogP contribution in [0.25, 0.3) is 0 Å². The average Bonchev–Trinajstić information content (AvgIpc) is 2.65. The van der Waals surface area contributed by atoms with Gasteiger partial charge in [0.1, 0.15) is 11.6 Å². The Labute approximate surface area is 171 Å². The van der Waals surface area contributed by atoms with Crippen LogP contribution in [0, 0.1) is 18.7 Å². The van der Waals surface area contributed by atoms with E-state index in [1.54, 1.807) is 12.1 Å². The lowest BCUT2D eigenvalue weighted by molar-refractivity contribution is -0.120. The molecule has 7 heteroatoms. The lowest BCUT2D eigenvalue weighted by Gasteiger charge is -2.30. The highest BCUT2D eigenvalue weighted by molar-refractivity contribution is 5.78. The number of carbonyl (C=O) groups is 1. The number of amides is 1. The standard InChI is InChI=1S/C22H29FN4O2/c1-15-7-19(27-21(24)8-15)10-17-11-20(14-25-13-17)29-6-5-26-22(28)12-16-3-2-4-18(23)9-16/h2-4,7-9,17,20,25H,5-6,10-14H2,1H3,(H2,24,27)(H,26,28)/t17-,20+/m1/s1. The number of ether oxygens (including phenoxy) is 1. The fraction of sp³-hybridized carbons (Fsp3) is 0.455. The number of nitrogens with one attached hydrogen (secondary N) is 2. The van der Waals surface area contributed by atoms with Crippen molar-refractivity contribution in [3.8, 4) is 0 Å². The minimum Gasteiger partial charge on any atom is -0.384 e. The molecule has 2 heterocycles. The normalized spacial score (nSPS) is 19.1. The number of nitrogens with zero attached hydrogens (tertiary/aromatic N) is 1. The molecule has 1 amide bonds. The smallest absolute Gasteiger partial charge is 0.224 e. The summed E-state index contributed by atoms with van der Waals surface area (Å²) in [4.78, 5) is 16.4. The number of nitrogen functional groups attached to an aromatic ring is 1. The highest BCUT2D eigenvalue weighted by Crippen LogP contribution is 2.19. The van der Waals surface area contributed by atoms with Crippen molar-refractivity contribution < 1.29 is 13.9 Å². The van der Waals surface area contributed by atoms with Crippen molar-refractivity contribution >= 4 is 11.7 Å². The van der Waals surface area contributed by atoms with E-state index in [0.717, 1.165) is 37.2 Å². The van der Waals surface area contributed by atoms with Gasteiger partial charge in [0, 0.05) is 18.8 Å². The molecule has 0 bridgehead atoms. The molecular formula is C22H29FN4O2. The zero-order valence-electron chi connectivity index (χ0n) is 16.8. The molecule has 29 heavy (non-hydrogen) atoms. The van der Waals surface area contributed by atoms with E-state index in [-0.39, 0.29) is 24.2 Å². The highest BCUT2D eigenvalue weighted by Gasteiger charge is 2.23. The number of rotatable bonds is 8. The number of benzene rings is 1. The van der Waals surface area contributed by atoms with Gasteiger partial charge < -0.3 is 21.1 Å². The van der Waals surface area contributed by atoms with Crippen molar-refractivity contribution in [2.45, 2.75) is 32.3 Å². The van der Waals surface area contributed by atoms with Gasteiger partial charge in [-0.05, 0) is 67.6 Å². The van der Waals surface area contributed by atoms with E-state index in [9.17, 15) is 9.18 Å². The molecule has 156 valence electrons. The van der Waals surface area contributed by atoms with Crippen molar-refractivity contribution in [2.24, 2.45) is 5.92 Å². The van der Waals surface area contributed by atoms with E-state index in [0.29, 0.717) is 30.5 Å². The van der Waals surface area contributed by atoms with Gasteiger partial charge in [-0.2, -0.15) is 0 Å². The maximum atomic E-state index is 13.2. The number of pyridine rings is 1. The molecule has 0 radical (unpaired) electrons. The zero-order valence-corrected chi connectivity index (χ0v) is 16.8. The Balaban J connectivity index is 1.36. The van der Waals surface area contributed by atoms with Crippen LogP contribution in [-0.2, 0) is 22.4 Å². The Morgan fingerprint density at radius 1 is 1.34 bits per heavy atom. The van der Waals surface area contributed by atoms with Gasteiger partial charge in [-0.3, -0.25) is 4.79 Å². The molecule has 1 aromatic carbocycles. The summed E-state index contributed by atoms with van der Waals surface area (Å²) in [7, 11) is 0. The molecule has 1 aromatic heterocycles. The Hall–Kier alpha value is -2.51. The van der Waals surface area contributed by atoms with Crippen LogP contribution in [0.5, 0.6) is 0 Å². The number of nitrogens with two attached hydrogens (primary N) is 1. The molecule has 3 rings (SSSR count). The molecule has 2 atom stereocenters. The summed E-state index contributed by atoms with van der Waals surface area (Å²) in [5.41, 5.74) is 8.65. The SMILES string of the molecule is Cc1cc(N)nc(C[C@H]2CNC[C@@H](OCCNC(=O)Cc3cccc(F)c3)C2)c1. The van der Waals surface area contributed by atoms with Crippen molar-refractivity contribution in [1.82, 2.24) is 15.6 Å². The Morgan fingerprint density at radius 3 is 3.00 bits per heavy atom. The third-order valence-electron chi connectivity index (χ3n) is 4.97. The first kappa shape index (κ1) is 21.2. The minimum atomic E-state index is -0.332. The van der Waals surface area contributed by atoms with Crippen LogP contribution >= 0.6 is 0 Å². The molecule has 0 unspecified atom stereocenters. The number of hydrogen-bond donors (Lipinski definition) is 3. The monoisotopic (exact) mass is 400 g/mol. The van der Waals surface area contributed by atoms with Gasteiger partial charge in [0.05, 0.1) is 19.1 Å². The fourth-order valence-electron chi connectivity index (χ4n) is 3.75. The van der Waals surface area contributed by atoms with Crippen LogP contribution < -0.4 is 16.4 Å². The summed E-state index contributed by atoms with van der Waals surface area (Å²) in [6, 6.07) is 10.0. The number of halogens is 1. The second-order valence-electron chi connectivity index (χ2n) is 7.67. The molecule has 0 saturated carbocycles. The largest absolute Gasteiger partial charge is 0.384 e. The van der Waals surface area contributed by atoms with Crippen molar-refractivity contribution in [2.75, 3.05) is 32.0 Å². The number of anilines is 1. The van der Waals surface area contributed by atoms with Crippen molar-refractivity contribution in [3.05, 3.63) is 59.0 Å². The summed E-state index contributed by atoms with van der Waals surface area (Å²) in [6.07, 6.45) is 2.08. The summed E-state index contributed by atoms with van der Waals surface area (Å²) in [5.74, 6) is 0.527. The third kappa shape index (κ3) is 7.11. The third-order valence-corrected chi connectivity index (χ3v) is 4.97. The first-order valence-corrected chi connectivity index (χ1v) is 10.0. The van der Waals surface area contributed by atoms with E-state index < -0.39 is 0 Å². The highest BCUT2D eigenvalue weighted by atomic mass is 19.1. The number of aryl methyl sites for hydroxylation is 1. The maximum Gasteiger partial charge on any atom is 0.224 e. The van der Waals surface area contributed by atoms with Gasteiger partial charge in [0.15, 0.2) is 0 Å². The fourth-order valence-corrected chi connectivity index (χ4v) is 3.75. The summed E-state index contributed by atoms with van der Waals surface area (Å²) >= 11 is 0. The van der Waals surface area contributed by atoms with E-state index in [2.05, 4.69) is 21.7 Å². The number of carbonyl (C=O) groups excluding carboxylic acids is 1. The van der Waals surface area contributed by atoms with E-state index in [4.69, 9.17) is 10.5 Å². The van der Waals surface area contributed by atoms with Crippen molar-refractivity contribution in [1.29, 1.82) is 0 Å². The number of piperidine rings is 1. The van der Waals surface area contributed by atoms with Gasteiger partial charge in [-0.15, -0.1) is 0 Å². The summed E-state index contributed by atoms with van der Waals surface area (Å²) in [6.45, 7) is 4.64. The van der Waals surface area contributed by atoms with Crippen LogP contribution in [-0.4, -0.2) is 43.2 Å². The molecule has 2 aromatic rings. The van der Waals surface area contributed by atoms with Gasteiger partial charge in [0.2, 0.25) is 5.91 Å². The second kappa shape index (κ2) is 10.3. The van der Waals surface area contributed by atoms with E-state index in [1.165, 1.54) is 12.1 Å². The van der Waals surface area contributed by atoms with Gasteiger partial charge in [0.25, 0.3) is 0 Å². The summed E-state index contributed by atoms with van der Waals surface area (Å²) in [5, 5.41) is 6.24. The zero-order chi connectivity index (χ0) is 20.6. The quantitative estimate of drug-likeness (QED) is 0.590. The first-order valence-electron chi connectivity index (χ1n) is 10.0. The van der Waals surface area contributed by atoms with Gasteiger partial charge in [-0.25, -0.2) is 9.37 Å². The summed E-state index contributed by atoms with van der Waals surface area (Å²) < 4.78 is 19.1. The predicted molar refractivity (Wildman–Crippen MR) is 111 cm³/mol. The first-order chi connectivity index (χ1) is 14.0. The Morgan fingerprint density at radius 2 is 2.21 bits per heavy atom. The topological polar surface area (TPSA) is 89.3 Å². The molecule has 0 aliphatic carbocycles. The van der Waals surface area contributed by atoms with Crippen LogP contribution in [0.4, 0.5) is 10.2 Å². The molecule has 6 nitrogen and oxygen atoms in total. The molecule has 0 spiro atoms.